The van der Waals surface area contributed by atoms with E-state index >= 15 is 0 Å². The molecular formula is C17H25N3. The number of aromatic nitrogens is 2. The van der Waals surface area contributed by atoms with Gasteiger partial charge in [-0.25, -0.2) is 0 Å². The molecule has 0 radical (unpaired) electrons. The Morgan fingerprint density at radius 3 is 2.35 bits per heavy atom. The molecule has 0 spiro atoms. The zero-order valence-electron chi connectivity index (χ0n) is 13.0. The zero-order valence-corrected chi connectivity index (χ0v) is 13.0. The molecule has 0 unspecified atom stereocenters. The van der Waals surface area contributed by atoms with E-state index in [0.717, 1.165) is 18.7 Å². The number of hydrogen-bond acceptors (Lipinski definition) is 2. The van der Waals surface area contributed by atoms with Crippen molar-refractivity contribution in [1.29, 1.82) is 0 Å². The Morgan fingerprint density at radius 1 is 1.10 bits per heavy atom. The highest BCUT2D eigenvalue weighted by Gasteiger charge is 2.13. The summed E-state index contributed by atoms with van der Waals surface area (Å²) in [5, 5.41) is 7.86. The monoisotopic (exact) mass is 271 g/mol. The minimum absolute atomic E-state index is 0.0417. The van der Waals surface area contributed by atoms with E-state index in [1.165, 1.54) is 17.5 Å². The highest BCUT2D eigenvalue weighted by Crippen LogP contribution is 2.15. The maximum absolute atomic E-state index is 4.41. The largest absolute Gasteiger partial charge is 0.381 e. The van der Waals surface area contributed by atoms with Crippen LogP contribution in [0.15, 0.2) is 36.7 Å². The van der Waals surface area contributed by atoms with Crippen LogP contribution in [-0.4, -0.2) is 9.78 Å². The van der Waals surface area contributed by atoms with E-state index in [1.807, 2.05) is 10.9 Å². The van der Waals surface area contributed by atoms with Crippen LogP contribution in [0.1, 0.15) is 45.2 Å². The van der Waals surface area contributed by atoms with Crippen LogP contribution in [0, 0.1) is 0 Å². The molecule has 3 heteroatoms. The first-order chi connectivity index (χ1) is 9.49. The first-order valence-corrected chi connectivity index (χ1v) is 7.36. The van der Waals surface area contributed by atoms with Crippen LogP contribution in [0.2, 0.25) is 0 Å². The predicted molar refractivity (Wildman–Crippen MR) is 85.0 cm³/mol. The number of nitrogens with zero attached hydrogens (tertiary/aromatic N) is 2. The highest BCUT2D eigenvalue weighted by molar-refractivity contribution is 5.45. The van der Waals surface area contributed by atoms with E-state index in [1.54, 1.807) is 0 Å². The molecule has 1 aromatic heterocycles. The maximum atomic E-state index is 4.41. The molecular weight excluding hydrogens is 246 g/mol. The number of hydrogen-bond donors (Lipinski definition) is 1. The third kappa shape index (κ3) is 3.86. The molecule has 3 nitrogen and oxygen atoms in total. The van der Waals surface area contributed by atoms with Gasteiger partial charge in [0, 0.05) is 24.0 Å². The van der Waals surface area contributed by atoms with Crippen LogP contribution in [0.25, 0.3) is 0 Å². The van der Waals surface area contributed by atoms with Gasteiger partial charge in [0.15, 0.2) is 0 Å². The van der Waals surface area contributed by atoms with E-state index in [4.69, 9.17) is 0 Å². The quantitative estimate of drug-likeness (QED) is 0.883. The summed E-state index contributed by atoms with van der Waals surface area (Å²) in [6.45, 7) is 9.49. The Hall–Kier alpha value is -1.77. The summed E-state index contributed by atoms with van der Waals surface area (Å²) in [4.78, 5) is 0. The first kappa shape index (κ1) is 14.6. The van der Waals surface area contributed by atoms with Crippen LogP contribution >= 0.6 is 0 Å². The van der Waals surface area contributed by atoms with Gasteiger partial charge in [0.05, 0.1) is 11.7 Å². The summed E-state index contributed by atoms with van der Waals surface area (Å²) < 4.78 is 2.01. The van der Waals surface area contributed by atoms with Crippen LogP contribution in [0.3, 0.4) is 0 Å². The molecule has 0 bridgehead atoms. The lowest BCUT2D eigenvalue weighted by molar-refractivity contribution is 0.355. The SMILES string of the molecule is CCCc1ccc(NCc2cnn(C(C)(C)C)c2)cc1. The van der Waals surface area contributed by atoms with Crippen molar-refractivity contribution in [1.82, 2.24) is 9.78 Å². The number of rotatable bonds is 5. The topological polar surface area (TPSA) is 29.9 Å². The third-order valence-electron chi connectivity index (χ3n) is 3.31. The molecule has 2 rings (SSSR count). The Morgan fingerprint density at radius 2 is 1.80 bits per heavy atom. The minimum Gasteiger partial charge on any atom is -0.381 e. The van der Waals surface area contributed by atoms with Crippen molar-refractivity contribution in [2.75, 3.05) is 5.32 Å². The molecule has 20 heavy (non-hydrogen) atoms. The second-order valence-electron chi connectivity index (χ2n) is 6.26. The summed E-state index contributed by atoms with van der Waals surface area (Å²) in [6, 6.07) is 8.70. The molecule has 1 aromatic carbocycles. The van der Waals surface area contributed by atoms with Crippen molar-refractivity contribution in [3.05, 3.63) is 47.8 Å². The fraction of sp³-hybridized carbons (Fsp3) is 0.471. The van der Waals surface area contributed by atoms with Crippen LogP contribution < -0.4 is 5.32 Å². The molecule has 0 amide bonds. The fourth-order valence-electron chi connectivity index (χ4n) is 2.10. The lowest BCUT2D eigenvalue weighted by atomic mass is 10.1. The van der Waals surface area contributed by atoms with Crippen molar-refractivity contribution < 1.29 is 0 Å². The molecule has 0 aliphatic carbocycles. The van der Waals surface area contributed by atoms with E-state index in [0.29, 0.717) is 0 Å². The molecule has 0 atom stereocenters. The summed E-state index contributed by atoms with van der Waals surface area (Å²) in [7, 11) is 0. The van der Waals surface area contributed by atoms with Gasteiger partial charge in [-0.05, 0) is 44.9 Å². The molecule has 0 saturated carbocycles. The number of benzene rings is 1. The van der Waals surface area contributed by atoms with Crippen molar-refractivity contribution in [3.8, 4) is 0 Å². The lowest BCUT2D eigenvalue weighted by Crippen LogP contribution is -2.21. The molecule has 1 heterocycles. The molecule has 0 saturated heterocycles. The minimum atomic E-state index is 0.0417. The molecule has 0 aliphatic heterocycles. The van der Waals surface area contributed by atoms with Crippen LogP contribution in [-0.2, 0) is 18.5 Å². The normalized spacial score (nSPS) is 11.6. The van der Waals surface area contributed by atoms with Crippen molar-refractivity contribution in [3.63, 3.8) is 0 Å². The third-order valence-corrected chi connectivity index (χ3v) is 3.31. The Balaban J connectivity index is 1.93. The van der Waals surface area contributed by atoms with Gasteiger partial charge in [0.2, 0.25) is 0 Å². The Bertz CT molecular complexity index is 532. The Labute approximate surface area is 122 Å². The molecule has 0 aliphatic rings. The van der Waals surface area contributed by atoms with Gasteiger partial charge in [0.25, 0.3) is 0 Å². The van der Waals surface area contributed by atoms with Crippen LogP contribution in [0.4, 0.5) is 5.69 Å². The predicted octanol–water partition coefficient (Wildman–Crippen LogP) is 4.20. The average molecular weight is 271 g/mol. The van der Waals surface area contributed by atoms with Gasteiger partial charge in [0.1, 0.15) is 0 Å². The van der Waals surface area contributed by atoms with E-state index in [9.17, 15) is 0 Å². The van der Waals surface area contributed by atoms with E-state index < -0.39 is 0 Å². The fourth-order valence-corrected chi connectivity index (χ4v) is 2.10. The maximum Gasteiger partial charge on any atom is 0.0543 e. The highest BCUT2D eigenvalue weighted by atomic mass is 15.3. The van der Waals surface area contributed by atoms with Gasteiger partial charge in [-0.2, -0.15) is 5.10 Å². The number of aryl methyl sites for hydroxylation is 1. The van der Waals surface area contributed by atoms with E-state index in [-0.39, 0.29) is 5.54 Å². The lowest BCUT2D eigenvalue weighted by Gasteiger charge is -2.18. The Kier molecular flexibility index (Phi) is 4.48. The second-order valence-corrected chi connectivity index (χ2v) is 6.26. The van der Waals surface area contributed by atoms with Crippen molar-refractivity contribution in [2.45, 2.75) is 52.6 Å². The van der Waals surface area contributed by atoms with Gasteiger partial charge in [-0.3, -0.25) is 4.68 Å². The smallest absolute Gasteiger partial charge is 0.0543 e. The zero-order chi connectivity index (χ0) is 14.6. The second kappa shape index (κ2) is 6.12. The summed E-state index contributed by atoms with van der Waals surface area (Å²) in [6.07, 6.45) is 6.39. The molecule has 1 N–H and O–H groups in total. The first-order valence-electron chi connectivity index (χ1n) is 7.36. The van der Waals surface area contributed by atoms with Crippen molar-refractivity contribution >= 4 is 5.69 Å². The van der Waals surface area contributed by atoms with Gasteiger partial charge >= 0.3 is 0 Å². The van der Waals surface area contributed by atoms with Gasteiger partial charge in [-0.1, -0.05) is 25.5 Å². The number of nitrogens with one attached hydrogen (secondary N) is 1. The average Bonchev–Trinajstić information content (AvgIpc) is 2.87. The van der Waals surface area contributed by atoms with Crippen molar-refractivity contribution in [2.24, 2.45) is 0 Å². The van der Waals surface area contributed by atoms with Gasteiger partial charge in [-0.15, -0.1) is 0 Å². The summed E-state index contributed by atoms with van der Waals surface area (Å²) >= 11 is 0. The van der Waals surface area contributed by atoms with Gasteiger partial charge < -0.3 is 5.32 Å². The molecule has 108 valence electrons. The summed E-state index contributed by atoms with van der Waals surface area (Å²) in [5.74, 6) is 0. The standard InChI is InChI=1S/C17H25N3/c1-5-6-14-7-9-16(10-8-14)18-11-15-12-19-20(13-15)17(2,3)4/h7-10,12-13,18H,5-6,11H2,1-4H3. The summed E-state index contributed by atoms with van der Waals surface area (Å²) in [5.41, 5.74) is 3.81. The van der Waals surface area contributed by atoms with Crippen LogP contribution in [0.5, 0.6) is 0 Å². The van der Waals surface area contributed by atoms with E-state index in [2.05, 4.69) is 68.6 Å². The number of anilines is 1. The molecule has 0 fully saturated rings. The molecule has 2 aromatic rings.